The number of piperazine rings is 1. The van der Waals surface area contributed by atoms with Crippen molar-refractivity contribution in [2.75, 3.05) is 57.3 Å². The van der Waals surface area contributed by atoms with Gasteiger partial charge in [-0.3, -0.25) is 34.2 Å². The maximum atomic E-state index is 13.3. The van der Waals surface area contributed by atoms with Gasteiger partial charge in [0.2, 0.25) is 17.7 Å². The minimum atomic E-state index is -0.626. The number of fused-ring (bicyclic) bond motifs is 1. The summed E-state index contributed by atoms with van der Waals surface area (Å²) in [6.07, 6.45) is 16.0. The molecule has 60 heavy (non-hydrogen) atoms. The maximum Gasteiger partial charge on any atom is 0.255 e. The number of likely N-dealkylation sites (tertiary alicyclic amines) is 1. The quantitative estimate of drug-likeness (QED) is 0.0985. The van der Waals surface area contributed by atoms with Crippen molar-refractivity contribution in [2.24, 2.45) is 5.92 Å². The highest BCUT2D eigenvalue weighted by Gasteiger charge is 2.39. The second-order valence-electron chi connectivity index (χ2n) is 16.2. The summed E-state index contributed by atoms with van der Waals surface area (Å²) in [5, 5.41) is 16.2. The molecule has 0 aliphatic carbocycles. The first-order valence-electron chi connectivity index (χ1n) is 21.5. The molecule has 3 fully saturated rings. The molecular formula is C46H55N9O5. The number of hydrogen-bond donors (Lipinski definition) is 2. The molecule has 2 N–H and O–H groups in total. The van der Waals surface area contributed by atoms with Gasteiger partial charge in [-0.2, -0.15) is 0 Å². The Hall–Kier alpha value is -5.94. The number of imide groups is 1. The number of piperidine rings is 2. The number of nitrogens with zero attached hydrogens (tertiary/aromatic N) is 7. The van der Waals surface area contributed by atoms with Crippen molar-refractivity contribution in [1.82, 2.24) is 40.7 Å². The monoisotopic (exact) mass is 813 g/mol. The van der Waals surface area contributed by atoms with Gasteiger partial charge in [0.1, 0.15) is 6.04 Å². The largest absolute Gasteiger partial charge is 0.369 e. The first-order chi connectivity index (χ1) is 29.3. The fraction of sp³-hybridized carbons (Fsp3) is 0.478. The van der Waals surface area contributed by atoms with E-state index in [1.165, 1.54) is 6.08 Å². The van der Waals surface area contributed by atoms with Crippen LogP contribution in [-0.4, -0.2) is 118 Å². The second kappa shape index (κ2) is 20.8. The normalized spacial score (nSPS) is 18.6. The van der Waals surface area contributed by atoms with Gasteiger partial charge >= 0.3 is 0 Å². The number of carbonyl (C=O) groups is 5. The number of nitrogens with one attached hydrogen (secondary N) is 2. The molecule has 4 aliphatic heterocycles. The van der Waals surface area contributed by atoms with Gasteiger partial charge in [0.15, 0.2) is 0 Å². The predicted octanol–water partition coefficient (Wildman–Crippen LogP) is 4.22. The molecule has 1 atom stereocenters. The highest BCUT2D eigenvalue weighted by Crippen LogP contribution is 2.30. The van der Waals surface area contributed by atoms with E-state index < -0.39 is 11.9 Å². The third-order valence-corrected chi connectivity index (χ3v) is 12.1. The minimum Gasteiger partial charge on any atom is -0.369 e. The number of aromatic nitrogens is 3. The highest BCUT2D eigenvalue weighted by molar-refractivity contribution is 6.05. The Morgan fingerprint density at radius 2 is 1.65 bits per heavy atom. The van der Waals surface area contributed by atoms with Crippen molar-refractivity contribution in [2.45, 2.75) is 83.2 Å². The lowest BCUT2D eigenvalue weighted by molar-refractivity contribution is -0.137. The summed E-state index contributed by atoms with van der Waals surface area (Å²) in [6, 6.07) is 13.1. The van der Waals surface area contributed by atoms with Gasteiger partial charge in [-0.15, -0.1) is 10.2 Å². The second-order valence-corrected chi connectivity index (χ2v) is 16.2. The van der Waals surface area contributed by atoms with Gasteiger partial charge in [0.05, 0.1) is 12.4 Å². The summed E-state index contributed by atoms with van der Waals surface area (Å²) in [5.74, 6) is 6.31. The molecule has 4 aliphatic rings. The molecule has 7 rings (SSSR count). The topological polar surface area (TPSA) is 161 Å². The molecule has 14 heteroatoms. The molecule has 0 saturated carbocycles. The smallest absolute Gasteiger partial charge is 0.255 e. The molecule has 1 aromatic heterocycles. The summed E-state index contributed by atoms with van der Waals surface area (Å²) in [6.45, 7) is 7.56. The van der Waals surface area contributed by atoms with E-state index >= 15 is 0 Å². The van der Waals surface area contributed by atoms with E-state index in [1.807, 2.05) is 29.2 Å². The summed E-state index contributed by atoms with van der Waals surface area (Å²) < 4.78 is 0. The molecule has 314 valence electrons. The molecule has 1 unspecified atom stereocenters. The zero-order valence-corrected chi connectivity index (χ0v) is 34.3. The Morgan fingerprint density at radius 3 is 2.42 bits per heavy atom. The van der Waals surface area contributed by atoms with Crippen LogP contribution in [0.25, 0.3) is 6.08 Å². The van der Waals surface area contributed by atoms with Gasteiger partial charge in [-0.05, 0) is 104 Å². The van der Waals surface area contributed by atoms with E-state index in [4.69, 9.17) is 0 Å². The number of benzene rings is 2. The molecule has 0 spiro atoms. The van der Waals surface area contributed by atoms with Gasteiger partial charge in [0.25, 0.3) is 11.8 Å². The van der Waals surface area contributed by atoms with Crippen LogP contribution in [-0.2, 0) is 20.9 Å². The van der Waals surface area contributed by atoms with Gasteiger partial charge < -0.3 is 20.0 Å². The first kappa shape index (κ1) is 42.2. The fourth-order valence-corrected chi connectivity index (χ4v) is 8.57. The first-order valence-corrected chi connectivity index (χ1v) is 21.5. The lowest BCUT2D eigenvalue weighted by Gasteiger charge is -2.36. The average Bonchev–Trinajstić information content (AvgIpc) is 3.61. The van der Waals surface area contributed by atoms with Crippen LogP contribution in [0.5, 0.6) is 0 Å². The third-order valence-electron chi connectivity index (χ3n) is 12.1. The zero-order chi connectivity index (χ0) is 41.7. The predicted molar refractivity (Wildman–Crippen MR) is 227 cm³/mol. The fourth-order valence-electron chi connectivity index (χ4n) is 8.57. The summed E-state index contributed by atoms with van der Waals surface area (Å²) in [7, 11) is 0. The summed E-state index contributed by atoms with van der Waals surface area (Å²) in [5.41, 5.74) is 4.93. The molecule has 3 saturated heterocycles. The Labute approximate surface area is 352 Å². The number of unbranched alkanes of at least 4 members (excludes halogenated alkanes) is 4. The van der Waals surface area contributed by atoms with Crippen LogP contribution < -0.4 is 15.5 Å². The van der Waals surface area contributed by atoms with E-state index in [1.54, 1.807) is 29.4 Å². The molecule has 5 amide bonds. The molecular weight excluding hydrogens is 759 g/mol. The SMILES string of the molecule is O=C(/C=C/c1cnnnc1)NCCCCC1CCN(C(=O)c2ccc(N3CCN(CCCCCC#Cc4cccc5c4CN(C4CCC(=O)NC4=O)C5=O)CC3)cc2)CC1. The van der Waals surface area contributed by atoms with Crippen molar-refractivity contribution in [3.8, 4) is 11.8 Å². The maximum absolute atomic E-state index is 13.3. The Kier molecular flexibility index (Phi) is 14.7. The van der Waals surface area contributed by atoms with Crippen LogP contribution in [0.2, 0.25) is 0 Å². The number of amides is 5. The summed E-state index contributed by atoms with van der Waals surface area (Å²) in [4.78, 5) is 71.0. The molecule has 14 nitrogen and oxygen atoms in total. The van der Waals surface area contributed by atoms with Crippen LogP contribution in [0.3, 0.4) is 0 Å². The summed E-state index contributed by atoms with van der Waals surface area (Å²) >= 11 is 0. The van der Waals surface area contributed by atoms with E-state index in [9.17, 15) is 24.0 Å². The standard InChI is InChI=1S/C46H55N9O5/c56-42(19-13-35-31-48-51-49-32-35)47-23-6-5-9-34-21-25-54(26-22-34)45(59)37-14-16-38(17-15-37)53-29-27-52(28-30-53)24-7-3-1-2-4-10-36-11-8-12-39-40(36)33-55(46(39)60)41-18-20-43(57)50-44(41)58/h8,11-17,19,31-32,34,41H,1-3,5-7,9,18,20-30,33H2,(H,47,56)(H,50,57,58)/b19-13+. The van der Waals surface area contributed by atoms with Crippen LogP contribution in [0.4, 0.5) is 5.69 Å². The van der Waals surface area contributed by atoms with E-state index in [0.717, 1.165) is 132 Å². The van der Waals surface area contributed by atoms with Crippen molar-refractivity contribution in [3.63, 3.8) is 0 Å². The van der Waals surface area contributed by atoms with Crippen molar-refractivity contribution in [1.29, 1.82) is 0 Å². The van der Waals surface area contributed by atoms with Crippen molar-refractivity contribution < 1.29 is 24.0 Å². The number of hydrogen-bond acceptors (Lipinski definition) is 10. The molecule has 3 aromatic rings. The Balaban J connectivity index is 0.740. The minimum absolute atomic E-state index is 0.114. The molecule has 2 aromatic carbocycles. The van der Waals surface area contributed by atoms with E-state index in [0.29, 0.717) is 31.0 Å². The average molecular weight is 814 g/mol. The van der Waals surface area contributed by atoms with Crippen molar-refractivity contribution >= 4 is 41.3 Å². The Bertz CT molecular complexity index is 2080. The van der Waals surface area contributed by atoms with Crippen LogP contribution >= 0.6 is 0 Å². The van der Waals surface area contributed by atoms with E-state index in [2.05, 4.69) is 59.8 Å². The van der Waals surface area contributed by atoms with Crippen LogP contribution in [0, 0.1) is 17.8 Å². The third kappa shape index (κ3) is 11.2. The Morgan fingerprint density at radius 1 is 0.867 bits per heavy atom. The number of anilines is 1. The number of carbonyl (C=O) groups excluding carboxylic acids is 5. The van der Waals surface area contributed by atoms with Crippen LogP contribution in [0.1, 0.15) is 108 Å². The van der Waals surface area contributed by atoms with Gasteiger partial charge in [-0.25, -0.2) is 0 Å². The molecule has 0 radical (unpaired) electrons. The lowest BCUT2D eigenvalue weighted by Crippen LogP contribution is -2.52. The lowest BCUT2D eigenvalue weighted by atomic mass is 9.91. The number of rotatable bonds is 15. The zero-order valence-electron chi connectivity index (χ0n) is 34.3. The van der Waals surface area contributed by atoms with Gasteiger partial charge in [-0.1, -0.05) is 37.2 Å². The van der Waals surface area contributed by atoms with Crippen molar-refractivity contribution in [3.05, 3.63) is 88.8 Å². The van der Waals surface area contributed by atoms with E-state index in [-0.39, 0.29) is 30.0 Å². The molecule has 0 bridgehead atoms. The van der Waals surface area contributed by atoms with Gasteiger partial charge in [0, 0.05) is 99.2 Å². The highest BCUT2D eigenvalue weighted by atomic mass is 16.2. The molecule has 5 heterocycles. The van der Waals surface area contributed by atoms with Crippen LogP contribution in [0.15, 0.2) is 60.9 Å².